The highest BCUT2D eigenvalue weighted by Gasteiger charge is 2.32. The molecule has 3 heterocycles. The second-order valence-corrected chi connectivity index (χ2v) is 11.5. The van der Waals surface area contributed by atoms with Crippen LogP contribution in [0.4, 0.5) is 11.6 Å². The van der Waals surface area contributed by atoms with Crippen molar-refractivity contribution in [2.75, 3.05) is 35.8 Å². The van der Waals surface area contributed by atoms with E-state index in [0.29, 0.717) is 11.6 Å². The molecule has 1 saturated heterocycles. The largest absolute Gasteiger partial charge is 0.439 e. The molecule has 36 heavy (non-hydrogen) atoms. The van der Waals surface area contributed by atoms with Crippen LogP contribution < -0.4 is 19.7 Å². The molecule has 1 aromatic carbocycles. The van der Waals surface area contributed by atoms with Gasteiger partial charge in [-0.25, -0.2) is 18.1 Å². The van der Waals surface area contributed by atoms with Gasteiger partial charge in [-0.15, -0.1) is 0 Å². The number of benzene rings is 1. The SMILES string of the molecule is Cn1cc(S(=O)(=O)Nc2nc(Oc3ccc(N4CCNCC4)cc3)cc(C3(C)CCCCC3)n2)cn1. The van der Waals surface area contributed by atoms with E-state index in [1.54, 1.807) is 7.05 Å². The van der Waals surface area contributed by atoms with Crippen molar-refractivity contribution < 1.29 is 13.2 Å². The fraction of sp³-hybridized carbons (Fsp3) is 0.480. The van der Waals surface area contributed by atoms with Gasteiger partial charge in [0.25, 0.3) is 10.0 Å². The van der Waals surface area contributed by atoms with Gasteiger partial charge in [0.05, 0.1) is 11.9 Å². The number of aromatic nitrogens is 4. The second kappa shape index (κ2) is 10.1. The standard InChI is InChI=1S/C25H33N7O3S/c1-25(10-4-3-5-11-25)22-16-23(29-24(28-22)30-36(33,34)21-17-27-31(2)18-21)35-20-8-6-19(7-9-20)32-14-12-26-13-15-32/h6-9,16-18,26H,3-5,10-15H2,1-2H3,(H,28,29,30). The normalized spacial score (nSPS) is 18.1. The smallest absolute Gasteiger partial charge is 0.267 e. The zero-order valence-electron chi connectivity index (χ0n) is 20.8. The molecular weight excluding hydrogens is 478 g/mol. The summed E-state index contributed by atoms with van der Waals surface area (Å²) in [6.07, 6.45) is 8.12. The fourth-order valence-electron chi connectivity index (χ4n) is 4.91. The molecule has 10 nitrogen and oxygen atoms in total. The minimum Gasteiger partial charge on any atom is -0.439 e. The van der Waals surface area contributed by atoms with Gasteiger partial charge in [0, 0.05) is 56.6 Å². The van der Waals surface area contributed by atoms with Gasteiger partial charge in [0.2, 0.25) is 11.8 Å². The van der Waals surface area contributed by atoms with Crippen molar-refractivity contribution in [3.63, 3.8) is 0 Å². The van der Waals surface area contributed by atoms with E-state index in [4.69, 9.17) is 4.74 Å². The lowest BCUT2D eigenvalue weighted by Crippen LogP contribution is -2.43. The van der Waals surface area contributed by atoms with E-state index in [-0.39, 0.29) is 16.3 Å². The highest BCUT2D eigenvalue weighted by atomic mass is 32.2. The first-order valence-corrected chi connectivity index (χ1v) is 13.9. The van der Waals surface area contributed by atoms with Gasteiger partial charge in [-0.3, -0.25) is 4.68 Å². The average molecular weight is 512 g/mol. The molecule has 0 amide bonds. The highest BCUT2D eigenvalue weighted by Crippen LogP contribution is 2.39. The van der Waals surface area contributed by atoms with E-state index in [9.17, 15) is 8.42 Å². The minimum absolute atomic E-state index is 0.00408. The van der Waals surface area contributed by atoms with Gasteiger partial charge in [0.15, 0.2) is 0 Å². The van der Waals surface area contributed by atoms with Crippen LogP contribution in [0.25, 0.3) is 0 Å². The predicted octanol–water partition coefficient (Wildman–Crippen LogP) is 3.43. The summed E-state index contributed by atoms with van der Waals surface area (Å²) in [5.41, 5.74) is 1.76. The molecule has 192 valence electrons. The Morgan fingerprint density at radius 2 is 1.78 bits per heavy atom. The summed E-state index contributed by atoms with van der Waals surface area (Å²) in [6.45, 7) is 6.06. The Bertz CT molecular complexity index is 1300. The van der Waals surface area contributed by atoms with Gasteiger partial charge >= 0.3 is 0 Å². The average Bonchev–Trinajstić information content (AvgIpc) is 3.33. The Hall–Kier alpha value is -3.18. The summed E-state index contributed by atoms with van der Waals surface area (Å²) in [5, 5.41) is 7.33. The third-order valence-electron chi connectivity index (χ3n) is 7.04. The number of nitrogens with one attached hydrogen (secondary N) is 2. The van der Waals surface area contributed by atoms with Crippen LogP contribution in [0.15, 0.2) is 47.6 Å². The molecule has 3 aromatic rings. The van der Waals surface area contributed by atoms with Gasteiger partial charge in [0.1, 0.15) is 10.6 Å². The molecule has 2 aromatic heterocycles. The van der Waals surface area contributed by atoms with E-state index in [0.717, 1.165) is 63.2 Å². The highest BCUT2D eigenvalue weighted by molar-refractivity contribution is 7.92. The number of rotatable bonds is 7. The maximum absolute atomic E-state index is 12.9. The molecule has 0 radical (unpaired) electrons. The molecule has 0 unspecified atom stereocenters. The molecule has 1 aliphatic heterocycles. The van der Waals surface area contributed by atoms with Crippen LogP contribution >= 0.6 is 0 Å². The quantitative estimate of drug-likeness (QED) is 0.496. The molecule has 1 aliphatic carbocycles. The molecule has 1 saturated carbocycles. The van der Waals surface area contributed by atoms with Gasteiger partial charge in [-0.2, -0.15) is 10.1 Å². The van der Waals surface area contributed by atoms with E-state index < -0.39 is 10.0 Å². The summed E-state index contributed by atoms with van der Waals surface area (Å²) in [5.74, 6) is 0.939. The molecular formula is C25H33N7O3S. The van der Waals surface area contributed by atoms with Crippen LogP contribution in [0.1, 0.15) is 44.7 Å². The first kappa shape index (κ1) is 24.5. The van der Waals surface area contributed by atoms with Crippen LogP contribution in [-0.4, -0.2) is 54.3 Å². The summed E-state index contributed by atoms with van der Waals surface area (Å²) in [4.78, 5) is 11.4. The number of anilines is 2. The number of sulfonamides is 1. The van der Waals surface area contributed by atoms with Crippen LogP contribution in [0, 0.1) is 0 Å². The topological polar surface area (TPSA) is 114 Å². The molecule has 0 atom stereocenters. The van der Waals surface area contributed by atoms with Crippen LogP contribution in [0.5, 0.6) is 11.6 Å². The summed E-state index contributed by atoms with van der Waals surface area (Å²) in [7, 11) is -2.23. The molecule has 5 rings (SSSR count). The first-order chi connectivity index (χ1) is 17.3. The maximum atomic E-state index is 12.9. The van der Waals surface area contributed by atoms with Crippen molar-refractivity contribution in [1.82, 2.24) is 25.1 Å². The Morgan fingerprint density at radius 3 is 2.44 bits per heavy atom. The third-order valence-corrected chi connectivity index (χ3v) is 8.32. The number of hydrogen-bond donors (Lipinski definition) is 2. The van der Waals surface area contributed by atoms with Crippen LogP contribution in [0.3, 0.4) is 0 Å². The van der Waals surface area contributed by atoms with E-state index in [1.807, 2.05) is 30.3 Å². The third kappa shape index (κ3) is 5.46. The maximum Gasteiger partial charge on any atom is 0.267 e. The Labute approximate surface area is 212 Å². The van der Waals surface area contributed by atoms with Crippen molar-refractivity contribution in [3.8, 4) is 11.6 Å². The first-order valence-electron chi connectivity index (χ1n) is 12.5. The monoisotopic (exact) mass is 511 g/mol. The summed E-state index contributed by atoms with van der Waals surface area (Å²) < 4.78 is 36.0. The summed E-state index contributed by atoms with van der Waals surface area (Å²) in [6, 6.07) is 9.76. The Morgan fingerprint density at radius 1 is 1.06 bits per heavy atom. The molecule has 11 heteroatoms. The van der Waals surface area contributed by atoms with Crippen molar-refractivity contribution in [2.24, 2.45) is 7.05 Å². The van der Waals surface area contributed by atoms with Gasteiger partial charge in [-0.1, -0.05) is 26.2 Å². The van der Waals surface area contributed by atoms with Crippen LogP contribution in [-0.2, 0) is 22.5 Å². The molecule has 0 spiro atoms. The van der Waals surface area contributed by atoms with Crippen molar-refractivity contribution in [1.29, 1.82) is 0 Å². The lowest BCUT2D eigenvalue weighted by Gasteiger charge is -2.33. The van der Waals surface area contributed by atoms with Gasteiger partial charge < -0.3 is 15.0 Å². The molecule has 2 aliphatic rings. The van der Waals surface area contributed by atoms with Crippen molar-refractivity contribution in [3.05, 3.63) is 48.4 Å². The lowest BCUT2D eigenvalue weighted by molar-refractivity contribution is 0.310. The zero-order valence-corrected chi connectivity index (χ0v) is 21.6. The number of nitrogens with zero attached hydrogens (tertiary/aromatic N) is 5. The number of piperazine rings is 1. The predicted molar refractivity (Wildman–Crippen MR) is 138 cm³/mol. The Kier molecular flexibility index (Phi) is 6.85. The van der Waals surface area contributed by atoms with Crippen molar-refractivity contribution >= 4 is 21.7 Å². The van der Waals surface area contributed by atoms with Crippen molar-refractivity contribution in [2.45, 2.75) is 49.3 Å². The van der Waals surface area contributed by atoms with Crippen LogP contribution in [0.2, 0.25) is 0 Å². The lowest BCUT2D eigenvalue weighted by atomic mass is 9.73. The Balaban J connectivity index is 1.43. The molecule has 0 bridgehead atoms. The van der Waals surface area contributed by atoms with E-state index >= 15 is 0 Å². The summed E-state index contributed by atoms with van der Waals surface area (Å²) >= 11 is 0. The van der Waals surface area contributed by atoms with E-state index in [2.05, 4.69) is 36.9 Å². The zero-order chi connectivity index (χ0) is 25.2. The number of aryl methyl sites for hydroxylation is 1. The fourth-order valence-corrected chi connectivity index (χ4v) is 5.83. The number of hydrogen-bond acceptors (Lipinski definition) is 8. The second-order valence-electron chi connectivity index (χ2n) is 9.82. The molecule has 2 N–H and O–H groups in total. The molecule has 2 fully saturated rings. The number of ether oxygens (including phenoxy) is 1. The minimum atomic E-state index is -3.89. The van der Waals surface area contributed by atoms with E-state index in [1.165, 1.54) is 23.5 Å². The van der Waals surface area contributed by atoms with Gasteiger partial charge in [-0.05, 0) is 37.1 Å².